The number of aromatic nitrogens is 1. The molecule has 0 spiro atoms. The SMILES string of the molecule is CCOC(=O)[C@H]1CCCN(C(=O)c2coc(CN(Cc3ccc(F)cc3)Cc3ccccc3Cl)n2)C1. The van der Waals surface area contributed by atoms with Gasteiger partial charge in [0.15, 0.2) is 5.69 Å². The second kappa shape index (κ2) is 12.1. The van der Waals surface area contributed by atoms with Crippen LogP contribution in [-0.4, -0.2) is 46.4 Å². The van der Waals surface area contributed by atoms with E-state index in [0.29, 0.717) is 56.7 Å². The number of rotatable bonds is 9. The molecular formula is C27H29ClFN3O4. The third kappa shape index (κ3) is 6.71. The first-order chi connectivity index (χ1) is 17.4. The van der Waals surface area contributed by atoms with Crippen molar-refractivity contribution in [2.45, 2.75) is 39.4 Å². The van der Waals surface area contributed by atoms with E-state index in [9.17, 15) is 14.0 Å². The van der Waals surface area contributed by atoms with Crippen LogP contribution in [0.1, 0.15) is 47.3 Å². The second-order valence-electron chi connectivity index (χ2n) is 8.83. The number of hydrogen-bond acceptors (Lipinski definition) is 6. The summed E-state index contributed by atoms with van der Waals surface area (Å²) >= 11 is 6.38. The predicted molar refractivity (Wildman–Crippen MR) is 133 cm³/mol. The molecule has 1 saturated heterocycles. The van der Waals surface area contributed by atoms with E-state index in [1.807, 2.05) is 24.3 Å². The molecule has 0 aliphatic carbocycles. The highest BCUT2D eigenvalue weighted by Gasteiger charge is 2.31. The van der Waals surface area contributed by atoms with Crippen molar-refractivity contribution in [1.82, 2.24) is 14.8 Å². The van der Waals surface area contributed by atoms with E-state index in [1.54, 1.807) is 24.0 Å². The molecule has 1 aliphatic rings. The first-order valence-electron chi connectivity index (χ1n) is 12.0. The maximum absolute atomic E-state index is 13.4. The molecule has 2 heterocycles. The van der Waals surface area contributed by atoms with Crippen LogP contribution in [0.25, 0.3) is 0 Å². The summed E-state index contributed by atoms with van der Waals surface area (Å²) in [6.07, 6.45) is 2.79. The van der Waals surface area contributed by atoms with Gasteiger partial charge in [-0.15, -0.1) is 0 Å². The smallest absolute Gasteiger partial charge is 0.310 e. The van der Waals surface area contributed by atoms with Crippen LogP contribution in [-0.2, 0) is 29.2 Å². The van der Waals surface area contributed by atoms with Gasteiger partial charge in [-0.1, -0.05) is 41.9 Å². The minimum atomic E-state index is -0.323. The summed E-state index contributed by atoms with van der Waals surface area (Å²) in [7, 11) is 0. The average Bonchev–Trinajstić information content (AvgIpc) is 3.35. The summed E-state index contributed by atoms with van der Waals surface area (Å²) in [6.45, 7) is 4.29. The molecule has 1 aromatic heterocycles. The van der Waals surface area contributed by atoms with Crippen molar-refractivity contribution in [1.29, 1.82) is 0 Å². The largest absolute Gasteiger partial charge is 0.466 e. The molecule has 4 rings (SSSR count). The monoisotopic (exact) mass is 513 g/mol. The van der Waals surface area contributed by atoms with Crippen LogP contribution >= 0.6 is 11.6 Å². The van der Waals surface area contributed by atoms with Crippen LogP contribution in [0.3, 0.4) is 0 Å². The minimum absolute atomic E-state index is 0.203. The standard InChI is InChI=1S/C27H29ClFN3O4/c1-2-35-27(34)21-7-5-13-32(16-21)26(33)24-18-36-25(30-24)17-31(14-19-9-11-22(29)12-10-19)15-20-6-3-4-8-23(20)28/h3-4,6,8-12,18,21H,2,5,7,13-17H2,1H3/t21-/m0/s1. The van der Waals surface area contributed by atoms with Crippen LogP contribution in [0.4, 0.5) is 4.39 Å². The zero-order valence-corrected chi connectivity index (χ0v) is 20.9. The fraction of sp³-hybridized carbons (Fsp3) is 0.370. The van der Waals surface area contributed by atoms with Crippen molar-refractivity contribution in [2.75, 3.05) is 19.7 Å². The molecule has 1 atom stereocenters. The number of benzene rings is 2. The van der Waals surface area contributed by atoms with Gasteiger partial charge in [-0.25, -0.2) is 9.37 Å². The van der Waals surface area contributed by atoms with E-state index in [4.69, 9.17) is 20.8 Å². The summed E-state index contributed by atoms with van der Waals surface area (Å²) in [5.74, 6) is -0.778. The summed E-state index contributed by atoms with van der Waals surface area (Å²) < 4.78 is 24.2. The number of piperidine rings is 1. The van der Waals surface area contributed by atoms with Gasteiger partial charge in [0.2, 0.25) is 5.89 Å². The lowest BCUT2D eigenvalue weighted by atomic mass is 9.98. The highest BCUT2D eigenvalue weighted by molar-refractivity contribution is 6.31. The number of halogens is 2. The lowest BCUT2D eigenvalue weighted by Crippen LogP contribution is -2.43. The Balaban J connectivity index is 1.46. The molecule has 0 bridgehead atoms. The van der Waals surface area contributed by atoms with E-state index in [2.05, 4.69) is 9.88 Å². The van der Waals surface area contributed by atoms with Gasteiger partial charge in [0.05, 0.1) is 19.1 Å². The number of nitrogens with zero attached hydrogens (tertiary/aromatic N) is 3. The van der Waals surface area contributed by atoms with Gasteiger partial charge in [0.25, 0.3) is 5.91 Å². The van der Waals surface area contributed by atoms with Crippen molar-refractivity contribution in [3.05, 3.63) is 88.3 Å². The minimum Gasteiger partial charge on any atom is -0.466 e. The molecule has 7 nitrogen and oxygen atoms in total. The number of oxazole rings is 1. The zero-order valence-electron chi connectivity index (χ0n) is 20.2. The van der Waals surface area contributed by atoms with Gasteiger partial charge in [0, 0.05) is 31.2 Å². The second-order valence-corrected chi connectivity index (χ2v) is 9.24. The van der Waals surface area contributed by atoms with Crippen LogP contribution < -0.4 is 0 Å². The van der Waals surface area contributed by atoms with Crippen molar-refractivity contribution in [2.24, 2.45) is 5.92 Å². The third-order valence-electron chi connectivity index (χ3n) is 6.13. The van der Waals surface area contributed by atoms with Crippen LogP contribution in [0.15, 0.2) is 59.2 Å². The molecule has 1 fully saturated rings. The van der Waals surface area contributed by atoms with Gasteiger partial charge in [-0.05, 0) is 49.1 Å². The Kier molecular flexibility index (Phi) is 8.72. The number of carbonyl (C=O) groups is 2. The Hall–Kier alpha value is -3.23. The number of amides is 1. The number of esters is 1. The van der Waals surface area contributed by atoms with Crippen LogP contribution in [0.2, 0.25) is 5.02 Å². The quantitative estimate of drug-likeness (QED) is 0.371. The third-order valence-corrected chi connectivity index (χ3v) is 6.50. The normalized spacial score (nSPS) is 15.8. The van der Waals surface area contributed by atoms with Gasteiger partial charge < -0.3 is 14.1 Å². The van der Waals surface area contributed by atoms with E-state index >= 15 is 0 Å². The lowest BCUT2D eigenvalue weighted by molar-refractivity contribution is -0.149. The first kappa shape index (κ1) is 25.9. The Morgan fingerprint density at radius 2 is 1.94 bits per heavy atom. The van der Waals surface area contributed by atoms with E-state index in [-0.39, 0.29) is 29.3 Å². The first-order valence-corrected chi connectivity index (χ1v) is 12.4. The molecule has 36 heavy (non-hydrogen) atoms. The molecule has 9 heteroatoms. The summed E-state index contributed by atoms with van der Waals surface area (Å²) in [4.78, 5) is 33.3. The molecule has 2 aromatic carbocycles. The Labute approximate surface area is 214 Å². The molecule has 1 aliphatic heterocycles. The van der Waals surface area contributed by atoms with E-state index in [1.165, 1.54) is 18.4 Å². The van der Waals surface area contributed by atoms with Gasteiger partial charge in [-0.3, -0.25) is 14.5 Å². The highest BCUT2D eigenvalue weighted by Crippen LogP contribution is 2.22. The molecule has 0 unspecified atom stereocenters. The van der Waals surface area contributed by atoms with Crippen molar-refractivity contribution in [3.8, 4) is 0 Å². The van der Waals surface area contributed by atoms with Gasteiger partial charge in [-0.2, -0.15) is 0 Å². The lowest BCUT2D eigenvalue weighted by Gasteiger charge is -2.30. The van der Waals surface area contributed by atoms with Gasteiger partial charge >= 0.3 is 5.97 Å². The molecule has 0 saturated carbocycles. The maximum atomic E-state index is 13.4. The summed E-state index contributed by atoms with van der Waals surface area (Å²) in [6, 6.07) is 13.9. The van der Waals surface area contributed by atoms with Gasteiger partial charge in [0.1, 0.15) is 12.1 Å². The topological polar surface area (TPSA) is 75.9 Å². The van der Waals surface area contributed by atoms with Crippen LogP contribution in [0, 0.1) is 11.7 Å². The maximum Gasteiger partial charge on any atom is 0.310 e. The average molecular weight is 514 g/mol. The Bertz CT molecular complexity index is 1180. The zero-order chi connectivity index (χ0) is 25.5. The molecule has 190 valence electrons. The molecule has 1 amide bonds. The molecule has 0 N–H and O–H groups in total. The fourth-order valence-electron chi connectivity index (χ4n) is 4.33. The van der Waals surface area contributed by atoms with E-state index in [0.717, 1.165) is 17.5 Å². The molecule has 3 aromatic rings. The molecule has 0 radical (unpaired) electrons. The van der Waals surface area contributed by atoms with Crippen LogP contribution in [0.5, 0.6) is 0 Å². The highest BCUT2D eigenvalue weighted by atomic mass is 35.5. The number of hydrogen-bond donors (Lipinski definition) is 0. The number of ether oxygens (including phenoxy) is 1. The van der Waals surface area contributed by atoms with Crippen molar-refractivity contribution in [3.63, 3.8) is 0 Å². The van der Waals surface area contributed by atoms with Crippen molar-refractivity contribution < 1.29 is 23.1 Å². The summed E-state index contributed by atoms with van der Waals surface area (Å²) in [5, 5.41) is 0.645. The number of carbonyl (C=O) groups excluding carboxylic acids is 2. The summed E-state index contributed by atoms with van der Waals surface area (Å²) in [5.41, 5.74) is 2.06. The van der Waals surface area contributed by atoms with Crippen molar-refractivity contribution >= 4 is 23.5 Å². The Morgan fingerprint density at radius 1 is 1.17 bits per heavy atom. The Morgan fingerprint density at radius 3 is 2.69 bits per heavy atom. The van der Waals surface area contributed by atoms with E-state index < -0.39 is 0 Å². The number of likely N-dealkylation sites (tertiary alicyclic amines) is 1. The molecular weight excluding hydrogens is 485 g/mol. The predicted octanol–water partition coefficient (Wildman–Crippen LogP) is 5.08. The fourth-order valence-corrected chi connectivity index (χ4v) is 4.53.